The first kappa shape index (κ1) is 19.8. The fourth-order valence-electron chi connectivity index (χ4n) is 1.82. The first-order valence-electron chi connectivity index (χ1n) is 6.79. The van der Waals surface area contributed by atoms with E-state index < -0.39 is 6.04 Å². The minimum atomic E-state index is -0.515. The van der Waals surface area contributed by atoms with Crippen LogP contribution in [0.2, 0.25) is 0 Å². The topological polar surface area (TPSA) is 64.4 Å². The van der Waals surface area contributed by atoms with Gasteiger partial charge in [-0.3, -0.25) is 4.79 Å². The molecule has 0 heterocycles. The molecule has 21 heavy (non-hydrogen) atoms. The van der Waals surface area contributed by atoms with E-state index in [1.54, 1.807) is 12.1 Å². The molecule has 0 saturated carbocycles. The lowest BCUT2D eigenvalue weighted by atomic mass is 9.99. The summed E-state index contributed by atoms with van der Waals surface area (Å²) < 4.78 is 18.4. The van der Waals surface area contributed by atoms with Gasteiger partial charge in [-0.2, -0.15) is 0 Å². The van der Waals surface area contributed by atoms with Gasteiger partial charge in [0, 0.05) is 19.2 Å². The van der Waals surface area contributed by atoms with E-state index >= 15 is 0 Å². The van der Waals surface area contributed by atoms with Crippen LogP contribution < -0.4 is 11.1 Å². The van der Waals surface area contributed by atoms with E-state index in [1.807, 2.05) is 13.8 Å². The van der Waals surface area contributed by atoms with E-state index in [-0.39, 0.29) is 36.7 Å². The van der Waals surface area contributed by atoms with Crippen molar-refractivity contribution in [3.8, 4) is 0 Å². The van der Waals surface area contributed by atoms with Gasteiger partial charge in [-0.1, -0.05) is 26.3 Å². The molecular weight excluding hydrogens is 295 g/mol. The highest BCUT2D eigenvalue weighted by Crippen LogP contribution is 2.12. The second kappa shape index (κ2) is 9.71. The normalized spacial score (nSPS) is 13.2. The summed E-state index contributed by atoms with van der Waals surface area (Å²) in [6.45, 7) is 4.48. The third kappa shape index (κ3) is 5.99. The van der Waals surface area contributed by atoms with E-state index in [0.29, 0.717) is 12.1 Å². The summed E-state index contributed by atoms with van der Waals surface area (Å²) in [6, 6.07) is 4.20. The van der Waals surface area contributed by atoms with E-state index in [4.69, 9.17) is 10.5 Å². The number of methoxy groups -OCH3 is 1. The molecule has 0 aromatic heterocycles. The van der Waals surface area contributed by atoms with Crippen LogP contribution in [-0.4, -0.2) is 19.1 Å². The molecule has 0 saturated heterocycles. The number of hydrogen-bond donors (Lipinski definition) is 2. The van der Waals surface area contributed by atoms with Gasteiger partial charge in [-0.25, -0.2) is 4.39 Å². The van der Waals surface area contributed by atoms with E-state index in [1.165, 1.54) is 13.2 Å². The highest BCUT2D eigenvalue weighted by molar-refractivity contribution is 5.85. The van der Waals surface area contributed by atoms with Crippen molar-refractivity contribution in [3.05, 3.63) is 35.1 Å². The van der Waals surface area contributed by atoms with Crippen molar-refractivity contribution >= 4 is 18.3 Å². The molecule has 1 amide bonds. The summed E-state index contributed by atoms with van der Waals surface area (Å²) in [4.78, 5) is 11.9. The Labute approximate surface area is 131 Å². The molecule has 1 rings (SSSR count). The van der Waals surface area contributed by atoms with Crippen LogP contribution in [0.15, 0.2) is 18.2 Å². The molecule has 0 spiro atoms. The Bertz CT molecular complexity index is 457. The van der Waals surface area contributed by atoms with Gasteiger partial charge in [0.2, 0.25) is 5.91 Å². The molecule has 2 unspecified atom stereocenters. The van der Waals surface area contributed by atoms with Gasteiger partial charge in [0.1, 0.15) is 5.82 Å². The molecule has 3 N–H and O–H groups in total. The van der Waals surface area contributed by atoms with Gasteiger partial charge >= 0.3 is 0 Å². The van der Waals surface area contributed by atoms with Crippen molar-refractivity contribution in [1.82, 2.24) is 5.32 Å². The average Bonchev–Trinajstić information content (AvgIpc) is 2.46. The average molecular weight is 319 g/mol. The monoisotopic (exact) mass is 318 g/mol. The predicted molar refractivity (Wildman–Crippen MR) is 83.6 cm³/mol. The molecular formula is C15H24ClFN2O2. The number of nitrogens with one attached hydrogen (secondary N) is 1. The van der Waals surface area contributed by atoms with Crippen LogP contribution in [0, 0.1) is 11.7 Å². The standard InChI is InChI=1S/C15H23FN2O2.ClH/c1-4-10(2)14(17)15(19)18-8-11-5-6-13(16)12(7-11)9-20-3;/h5-7,10,14H,4,8-9,17H2,1-3H3,(H,18,19);1H. The van der Waals surface area contributed by atoms with Crippen molar-refractivity contribution in [3.63, 3.8) is 0 Å². The second-order valence-electron chi connectivity index (χ2n) is 4.99. The Morgan fingerprint density at radius 3 is 2.71 bits per heavy atom. The van der Waals surface area contributed by atoms with Gasteiger partial charge in [-0.15, -0.1) is 12.4 Å². The van der Waals surface area contributed by atoms with Gasteiger partial charge in [-0.05, 0) is 23.6 Å². The minimum Gasteiger partial charge on any atom is -0.380 e. The summed E-state index contributed by atoms with van der Waals surface area (Å²) in [5.74, 6) is -0.359. The van der Waals surface area contributed by atoms with Crippen LogP contribution in [0.25, 0.3) is 0 Å². The fraction of sp³-hybridized carbons (Fsp3) is 0.533. The van der Waals surface area contributed by atoms with Crippen molar-refractivity contribution < 1.29 is 13.9 Å². The quantitative estimate of drug-likeness (QED) is 0.811. The number of nitrogens with two attached hydrogens (primary N) is 1. The maximum Gasteiger partial charge on any atom is 0.237 e. The summed E-state index contributed by atoms with van der Waals surface area (Å²) in [5.41, 5.74) is 7.14. The number of amides is 1. The van der Waals surface area contributed by atoms with E-state index in [9.17, 15) is 9.18 Å². The molecule has 0 fully saturated rings. The number of halogens is 2. The molecule has 0 aliphatic heterocycles. The van der Waals surface area contributed by atoms with Crippen LogP contribution in [0.3, 0.4) is 0 Å². The van der Waals surface area contributed by atoms with Crippen molar-refractivity contribution in [2.24, 2.45) is 11.7 Å². The first-order chi connectivity index (χ1) is 9.49. The SMILES string of the molecule is CCC(C)C(N)C(=O)NCc1ccc(F)c(COC)c1.Cl. The number of carbonyl (C=O) groups is 1. The number of rotatable bonds is 7. The third-order valence-electron chi connectivity index (χ3n) is 3.44. The Hall–Kier alpha value is -1.17. The molecule has 0 radical (unpaired) electrons. The second-order valence-corrected chi connectivity index (χ2v) is 4.99. The number of hydrogen-bond acceptors (Lipinski definition) is 3. The summed E-state index contributed by atoms with van der Waals surface area (Å²) in [5, 5.41) is 2.78. The van der Waals surface area contributed by atoms with Crippen LogP contribution in [0.5, 0.6) is 0 Å². The maximum atomic E-state index is 13.4. The Morgan fingerprint density at radius 1 is 1.48 bits per heavy atom. The Kier molecular flexibility index (Phi) is 9.17. The zero-order valence-corrected chi connectivity index (χ0v) is 13.5. The Balaban J connectivity index is 0.00000400. The molecule has 2 atom stereocenters. The summed E-state index contributed by atoms with van der Waals surface area (Å²) in [7, 11) is 1.51. The van der Waals surface area contributed by atoms with Gasteiger partial charge in [0.05, 0.1) is 12.6 Å². The van der Waals surface area contributed by atoms with Gasteiger partial charge in [0.25, 0.3) is 0 Å². The van der Waals surface area contributed by atoms with Gasteiger partial charge < -0.3 is 15.8 Å². The van der Waals surface area contributed by atoms with Crippen molar-refractivity contribution in [2.45, 2.75) is 39.5 Å². The highest BCUT2D eigenvalue weighted by atomic mass is 35.5. The first-order valence-corrected chi connectivity index (χ1v) is 6.79. The van der Waals surface area contributed by atoms with Crippen LogP contribution in [0.4, 0.5) is 4.39 Å². The molecule has 1 aromatic carbocycles. The largest absolute Gasteiger partial charge is 0.380 e. The lowest BCUT2D eigenvalue weighted by Crippen LogP contribution is -2.44. The lowest BCUT2D eigenvalue weighted by Gasteiger charge is -2.17. The molecule has 120 valence electrons. The summed E-state index contributed by atoms with van der Waals surface area (Å²) in [6.07, 6.45) is 0.850. The lowest BCUT2D eigenvalue weighted by molar-refractivity contribution is -0.123. The third-order valence-corrected chi connectivity index (χ3v) is 3.44. The van der Waals surface area contributed by atoms with Crippen LogP contribution in [-0.2, 0) is 22.7 Å². The smallest absolute Gasteiger partial charge is 0.237 e. The summed E-state index contributed by atoms with van der Waals surface area (Å²) >= 11 is 0. The molecule has 6 heteroatoms. The highest BCUT2D eigenvalue weighted by Gasteiger charge is 2.18. The van der Waals surface area contributed by atoms with Gasteiger partial charge in [0.15, 0.2) is 0 Å². The predicted octanol–water partition coefficient (Wildman–Crippen LogP) is 2.38. The molecule has 1 aromatic rings. The van der Waals surface area contributed by atoms with Crippen molar-refractivity contribution in [1.29, 1.82) is 0 Å². The maximum absolute atomic E-state index is 13.4. The number of ether oxygens (including phenoxy) is 1. The zero-order valence-electron chi connectivity index (χ0n) is 12.7. The van der Waals surface area contributed by atoms with Crippen molar-refractivity contribution in [2.75, 3.05) is 7.11 Å². The molecule has 0 aliphatic rings. The zero-order chi connectivity index (χ0) is 15.1. The number of carbonyl (C=O) groups excluding carboxylic acids is 1. The molecule has 4 nitrogen and oxygen atoms in total. The van der Waals surface area contributed by atoms with E-state index in [0.717, 1.165) is 12.0 Å². The molecule has 0 bridgehead atoms. The Morgan fingerprint density at radius 2 is 2.14 bits per heavy atom. The van der Waals surface area contributed by atoms with E-state index in [2.05, 4.69) is 5.32 Å². The molecule has 0 aliphatic carbocycles. The fourth-order valence-corrected chi connectivity index (χ4v) is 1.82. The van der Waals surface area contributed by atoms with Crippen LogP contribution in [0.1, 0.15) is 31.4 Å². The van der Waals surface area contributed by atoms with Crippen LogP contribution >= 0.6 is 12.4 Å². The minimum absolute atomic E-state index is 0. The number of benzene rings is 1.